The van der Waals surface area contributed by atoms with Gasteiger partial charge in [0.05, 0.1) is 17.9 Å². The lowest BCUT2D eigenvalue weighted by molar-refractivity contribution is -0.162. The molecule has 0 aliphatic carbocycles. The van der Waals surface area contributed by atoms with Crippen LogP contribution in [0.15, 0.2) is 29.8 Å². The minimum absolute atomic E-state index is 0.186. The molecule has 0 aromatic carbocycles. The topological polar surface area (TPSA) is 86.6 Å². The normalized spacial score (nSPS) is 17.8. The van der Waals surface area contributed by atoms with Gasteiger partial charge in [-0.05, 0) is 23.5 Å². The summed E-state index contributed by atoms with van der Waals surface area (Å²) in [7, 11) is 0. The second kappa shape index (κ2) is 8.34. The molecule has 2 amide bonds. The number of rotatable bonds is 7. The smallest absolute Gasteiger partial charge is 0.330 e. The first-order valence-corrected chi connectivity index (χ1v) is 11.2. The number of hydrogen-bond acceptors (Lipinski definition) is 5. The monoisotopic (exact) mass is 430 g/mol. The number of nitrogens with zero attached hydrogens (tertiary/aromatic N) is 4. The van der Waals surface area contributed by atoms with Crippen molar-refractivity contribution < 1.29 is 14.7 Å². The lowest BCUT2D eigenvalue weighted by Gasteiger charge is -2.50. The van der Waals surface area contributed by atoms with Gasteiger partial charge in [-0.1, -0.05) is 47.1 Å². The third-order valence-electron chi connectivity index (χ3n) is 6.10. The molecule has 2 atom stereocenters. The molecule has 0 unspecified atom stereocenters. The van der Waals surface area contributed by atoms with E-state index in [0.29, 0.717) is 26.1 Å². The van der Waals surface area contributed by atoms with E-state index in [1.807, 2.05) is 58.2 Å². The molecule has 2 aromatic heterocycles. The SMILES string of the molecule is CC[C@H](C)[C@](C(=O)O)(N1CCN(Cc2csc(-c3ccccn3)n2)C1=O)C(C)(C)C. The van der Waals surface area contributed by atoms with Crippen LogP contribution in [0.4, 0.5) is 4.79 Å². The van der Waals surface area contributed by atoms with E-state index in [1.165, 1.54) is 11.3 Å². The molecule has 8 heteroatoms. The van der Waals surface area contributed by atoms with Crippen molar-refractivity contribution in [3.63, 3.8) is 0 Å². The van der Waals surface area contributed by atoms with Gasteiger partial charge in [0.1, 0.15) is 10.5 Å². The summed E-state index contributed by atoms with van der Waals surface area (Å²) in [6.07, 6.45) is 2.40. The van der Waals surface area contributed by atoms with Crippen LogP contribution in [0.5, 0.6) is 0 Å². The van der Waals surface area contributed by atoms with Gasteiger partial charge < -0.3 is 14.9 Å². The molecule has 3 heterocycles. The van der Waals surface area contributed by atoms with Crippen LogP contribution in [0.2, 0.25) is 0 Å². The van der Waals surface area contributed by atoms with Gasteiger partial charge in [-0.25, -0.2) is 14.6 Å². The third-order valence-corrected chi connectivity index (χ3v) is 7.02. The minimum atomic E-state index is -1.27. The average Bonchev–Trinajstić information content (AvgIpc) is 3.30. The van der Waals surface area contributed by atoms with E-state index in [4.69, 9.17) is 0 Å². The van der Waals surface area contributed by atoms with Gasteiger partial charge in [0.2, 0.25) is 0 Å². The van der Waals surface area contributed by atoms with Gasteiger partial charge in [-0.3, -0.25) is 4.98 Å². The van der Waals surface area contributed by atoms with Crippen molar-refractivity contribution in [3.8, 4) is 10.7 Å². The number of hydrogen-bond donors (Lipinski definition) is 1. The predicted octanol–water partition coefficient (Wildman–Crippen LogP) is 4.36. The van der Waals surface area contributed by atoms with Crippen LogP contribution in [0, 0.1) is 11.3 Å². The summed E-state index contributed by atoms with van der Waals surface area (Å²) in [6, 6.07) is 5.44. The number of urea groups is 1. The van der Waals surface area contributed by atoms with Crippen molar-refractivity contribution in [2.75, 3.05) is 13.1 Å². The molecule has 1 N–H and O–H groups in total. The number of carbonyl (C=O) groups is 2. The van der Waals surface area contributed by atoms with Gasteiger partial charge in [-0.2, -0.15) is 0 Å². The summed E-state index contributed by atoms with van der Waals surface area (Å²) < 4.78 is 0. The Labute approximate surface area is 181 Å². The Bertz CT molecular complexity index is 909. The predicted molar refractivity (Wildman–Crippen MR) is 117 cm³/mol. The van der Waals surface area contributed by atoms with Crippen LogP contribution in [0.1, 0.15) is 46.7 Å². The van der Waals surface area contributed by atoms with E-state index in [1.54, 1.807) is 16.0 Å². The van der Waals surface area contributed by atoms with Crippen molar-refractivity contribution in [2.24, 2.45) is 11.3 Å². The molecule has 3 rings (SSSR count). The maximum Gasteiger partial charge on any atom is 0.330 e. The zero-order chi connectivity index (χ0) is 22.1. The second-order valence-electron chi connectivity index (χ2n) is 8.85. The lowest BCUT2D eigenvalue weighted by Crippen LogP contribution is -2.66. The third kappa shape index (κ3) is 3.69. The van der Waals surface area contributed by atoms with E-state index in [-0.39, 0.29) is 11.9 Å². The minimum Gasteiger partial charge on any atom is -0.479 e. The van der Waals surface area contributed by atoms with Gasteiger partial charge in [0, 0.05) is 24.7 Å². The fourth-order valence-corrected chi connectivity index (χ4v) is 5.38. The van der Waals surface area contributed by atoms with Crippen molar-refractivity contribution in [2.45, 2.75) is 53.1 Å². The number of amides is 2. The van der Waals surface area contributed by atoms with Crippen LogP contribution < -0.4 is 0 Å². The van der Waals surface area contributed by atoms with Crippen LogP contribution in [-0.4, -0.2) is 55.5 Å². The summed E-state index contributed by atoms with van der Waals surface area (Å²) in [5.74, 6) is -1.13. The average molecular weight is 431 g/mol. The van der Waals surface area contributed by atoms with Gasteiger partial charge in [0.25, 0.3) is 0 Å². The number of pyridine rings is 1. The fraction of sp³-hybridized carbons (Fsp3) is 0.545. The highest BCUT2D eigenvalue weighted by Crippen LogP contribution is 2.45. The van der Waals surface area contributed by atoms with Crippen molar-refractivity contribution in [1.29, 1.82) is 0 Å². The van der Waals surface area contributed by atoms with Crippen LogP contribution in [0.25, 0.3) is 10.7 Å². The number of carboxylic acid groups (broad SMARTS) is 1. The first-order chi connectivity index (χ1) is 14.1. The second-order valence-corrected chi connectivity index (χ2v) is 9.70. The number of aliphatic carboxylic acids is 1. The maximum atomic E-state index is 13.4. The fourth-order valence-electron chi connectivity index (χ4n) is 4.59. The zero-order valence-corrected chi connectivity index (χ0v) is 19.1. The van der Waals surface area contributed by atoms with E-state index in [2.05, 4.69) is 9.97 Å². The molecular formula is C22H30N4O3S. The highest BCUT2D eigenvalue weighted by Gasteiger charge is 2.59. The number of thiazole rings is 1. The first-order valence-electron chi connectivity index (χ1n) is 10.3. The van der Waals surface area contributed by atoms with Gasteiger partial charge >= 0.3 is 12.0 Å². The molecule has 162 valence electrons. The lowest BCUT2D eigenvalue weighted by atomic mass is 9.64. The number of aromatic nitrogens is 2. The van der Waals surface area contributed by atoms with E-state index >= 15 is 0 Å². The molecule has 7 nitrogen and oxygen atoms in total. The van der Waals surface area contributed by atoms with E-state index in [9.17, 15) is 14.7 Å². The van der Waals surface area contributed by atoms with E-state index in [0.717, 1.165) is 16.4 Å². The quantitative estimate of drug-likeness (QED) is 0.705. The number of carboxylic acids is 1. The molecule has 0 saturated carbocycles. The Morgan fingerprint density at radius 3 is 2.60 bits per heavy atom. The van der Waals surface area contributed by atoms with Gasteiger partial charge in [-0.15, -0.1) is 11.3 Å². The van der Waals surface area contributed by atoms with Crippen molar-refractivity contribution >= 4 is 23.3 Å². The first kappa shape index (κ1) is 22.2. The van der Waals surface area contributed by atoms with E-state index < -0.39 is 16.9 Å². The summed E-state index contributed by atoms with van der Waals surface area (Å²) in [6.45, 7) is 10.9. The van der Waals surface area contributed by atoms with Gasteiger partial charge in [0.15, 0.2) is 0 Å². The molecule has 1 aliphatic rings. The molecule has 1 saturated heterocycles. The molecule has 30 heavy (non-hydrogen) atoms. The van der Waals surface area contributed by atoms with Crippen molar-refractivity contribution in [3.05, 3.63) is 35.5 Å². The Morgan fingerprint density at radius 2 is 2.03 bits per heavy atom. The number of carbonyl (C=O) groups excluding carboxylic acids is 1. The largest absolute Gasteiger partial charge is 0.479 e. The van der Waals surface area contributed by atoms with Crippen LogP contribution in [-0.2, 0) is 11.3 Å². The summed E-state index contributed by atoms with van der Waals surface area (Å²) in [5.41, 5.74) is -0.296. The Balaban J connectivity index is 1.84. The molecule has 0 spiro atoms. The Morgan fingerprint density at radius 1 is 1.30 bits per heavy atom. The summed E-state index contributed by atoms with van der Waals surface area (Å²) >= 11 is 1.49. The molecule has 1 fully saturated rings. The molecular weight excluding hydrogens is 400 g/mol. The zero-order valence-electron chi connectivity index (χ0n) is 18.3. The maximum absolute atomic E-state index is 13.4. The molecule has 1 aliphatic heterocycles. The molecule has 0 bridgehead atoms. The van der Waals surface area contributed by atoms with Crippen molar-refractivity contribution in [1.82, 2.24) is 19.8 Å². The Kier molecular flexibility index (Phi) is 6.17. The molecule has 2 aromatic rings. The van der Waals surface area contributed by atoms with Crippen LogP contribution >= 0.6 is 11.3 Å². The highest BCUT2D eigenvalue weighted by molar-refractivity contribution is 7.13. The Hall–Kier alpha value is -2.48. The highest BCUT2D eigenvalue weighted by atomic mass is 32.1. The standard InChI is InChI=1S/C22H30N4O3S/c1-6-15(2)22(19(27)28,21(3,4)5)26-12-11-25(20(26)29)13-16-14-30-18(24-16)17-9-7-8-10-23-17/h7-10,14-15H,6,11-13H2,1-5H3,(H,27,28)/t15-,22+/m0/s1. The summed E-state index contributed by atoms with van der Waals surface area (Å²) in [5, 5.41) is 13.1. The summed E-state index contributed by atoms with van der Waals surface area (Å²) in [4.78, 5) is 38.2. The molecule has 0 radical (unpaired) electrons. The van der Waals surface area contributed by atoms with Crippen LogP contribution in [0.3, 0.4) is 0 Å².